The normalized spacial score (nSPS) is 19.0. The molecule has 0 radical (unpaired) electrons. The predicted octanol–water partition coefficient (Wildman–Crippen LogP) is 4.84. The number of halogens is 1. The van der Waals surface area contributed by atoms with E-state index in [0.29, 0.717) is 23.3 Å². The highest BCUT2D eigenvalue weighted by Gasteiger charge is 2.42. The van der Waals surface area contributed by atoms with Gasteiger partial charge >= 0.3 is 5.97 Å². The Morgan fingerprint density at radius 2 is 2.03 bits per heavy atom. The molecular formula is C27H30ClN5O3. The molecule has 9 heteroatoms. The molecule has 0 unspecified atom stereocenters. The van der Waals surface area contributed by atoms with Crippen molar-refractivity contribution in [2.24, 2.45) is 0 Å². The molecular weight excluding hydrogens is 478 g/mol. The van der Waals surface area contributed by atoms with Gasteiger partial charge in [-0.15, -0.1) is 0 Å². The molecule has 1 N–H and O–H groups in total. The second-order valence-electron chi connectivity index (χ2n) is 9.72. The summed E-state index contributed by atoms with van der Waals surface area (Å²) in [5, 5.41) is 3.77. The molecule has 2 aliphatic rings. The molecule has 0 amide bonds. The van der Waals surface area contributed by atoms with E-state index < -0.39 is 5.41 Å². The van der Waals surface area contributed by atoms with Crippen molar-refractivity contribution in [1.82, 2.24) is 14.9 Å². The second kappa shape index (κ2) is 9.59. The van der Waals surface area contributed by atoms with Crippen molar-refractivity contribution < 1.29 is 14.3 Å². The highest BCUT2D eigenvalue weighted by atomic mass is 35.5. The number of likely N-dealkylation sites (N-methyl/N-ethyl adjacent to an activating group) is 1. The molecule has 0 bridgehead atoms. The Bertz CT molecular complexity index is 1320. The summed E-state index contributed by atoms with van der Waals surface area (Å²) < 4.78 is 10.7. The zero-order chi connectivity index (χ0) is 25.4. The molecule has 188 valence electrons. The summed E-state index contributed by atoms with van der Waals surface area (Å²) in [6, 6.07) is 12.2. The number of fused-ring (bicyclic) bond motifs is 2. The Labute approximate surface area is 216 Å². The third kappa shape index (κ3) is 4.47. The van der Waals surface area contributed by atoms with Gasteiger partial charge in [0.25, 0.3) is 0 Å². The number of ether oxygens (including phenoxy) is 2. The summed E-state index contributed by atoms with van der Waals surface area (Å²) in [6.45, 7) is 4.50. The van der Waals surface area contributed by atoms with E-state index in [9.17, 15) is 4.79 Å². The first-order valence-corrected chi connectivity index (χ1v) is 12.3. The first-order valence-electron chi connectivity index (χ1n) is 11.9. The van der Waals surface area contributed by atoms with E-state index in [1.54, 1.807) is 13.3 Å². The van der Waals surface area contributed by atoms with Gasteiger partial charge in [0.05, 0.1) is 32.5 Å². The molecule has 8 nitrogen and oxygen atoms in total. The molecule has 0 aliphatic carbocycles. The number of hydrogen-bond donors (Lipinski definition) is 1. The van der Waals surface area contributed by atoms with Crippen molar-refractivity contribution in [2.45, 2.75) is 31.7 Å². The van der Waals surface area contributed by atoms with E-state index in [1.165, 1.54) is 18.2 Å². The number of methoxy groups -OCH3 is 2. The van der Waals surface area contributed by atoms with E-state index in [-0.39, 0.29) is 12.4 Å². The maximum Gasteiger partial charge on any atom is 0.306 e. The summed E-state index contributed by atoms with van der Waals surface area (Å²) in [4.78, 5) is 25.8. The van der Waals surface area contributed by atoms with Crippen molar-refractivity contribution in [3.05, 3.63) is 64.3 Å². The van der Waals surface area contributed by atoms with Crippen LogP contribution >= 0.6 is 11.6 Å². The lowest BCUT2D eigenvalue weighted by molar-refractivity contribution is -0.141. The van der Waals surface area contributed by atoms with Crippen LogP contribution in [0.3, 0.4) is 0 Å². The summed E-state index contributed by atoms with van der Waals surface area (Å²) in [7, 11) is 5.20. The number of para-hydroxylation sites is 1. The van der Waals surface area contributed by atoms with Crippen molar-refractivity contribution in [3.8, 4) is 5.75 Å². The summed E-state index contributed by atoms with van der Waals surface area (Å²) in [5.41, 5.74) is 4.93. The number of aromatic nitrogens is 2. The number of nitrogens with zero attached hydrogens (tertiary/aromatic N) is 4. The highest BCUT2D eigenvalue weighted by Crippen LogP contribution is 2.47. The van der Waals surface area contributed by atoms with E-state index in [1.807, 2.05) is 29.2 Å². The van der Waals surface area contributed by atoms with E-state index >= 15 is 0 Å². The lowest BCUT2D eigenvalue weighted by atomic mass is 9.81. The fourth-order valence-electron chi connectivity index (χ4n) is 5.19. The number of nitrogens with one attached hydrogen (secondary N) is 1. The van der Waals surface area contributed by atoms with Gasteiger partial charge in [-0.3, -0.25) is 4.79 Å². The van der Waals surface area contributed by atoms with Gasteiger partial charge in [0.2, 0.25) is 5.95 Å². The van der Waals surface area contributed by atoms with Crippen LogP contribution < -0.4 is 15.0 Å². The Hall–Kier alpha value is -3.36. The maximum atomic E-state index is 12.2. The maximum absolute atomic E-state index is 12.2. The third-order valence-corrected chi connectivity index (χ3v) is 7.33. The van der Waals surface area contributed by atoms with Gasteiger partial charge in [-0.1, -0.05) is 36.7 Å². The largest absolute Gasteiger partial charge is 0.495 e. The minimum Gasteiger partial charge on any atom is -0.495 e. The molecule has 5 rings (SSSR count). The van der Waals surface area contributed by atoms with Crippen LogP contribution in [0.2, 0.25) is 5.02 Å². The lowest BCUT2D eigenvalue weighted by Gasteiger charge is -2.27. The second-order valence-corrected chi connectivity index (χ2v) is 10.1. The number of benzene rings is 2. The molecule has 0 saturated heterocycles. The zero-order valence-electron chi connectivity index (χ0n) is 21.0. The molecule has 1 aromatic heterocycles. The fourth-order valence-corrected chi connectivity index (χ4v) is 5.39. The summed E-state index contributed by atoms with van der Waals surface area (Å²) in [6.07, 6.45) is 2.85. The van der Waals surface area contributed by atoms with Gasteiger partial charge < -0.3 is 24.6 Å². The quantitative estimate of drug-likeness (QED) is 0.475. The van der Waals surface area contributed by atoms with Crippen molar-refractivity contribution in [2.75, 3.05) is 44.6 Å². The first-order chi connectivity index (χ1) is 17.3. The average molecular weight is 508 g/mol. The standard InChI is InChI=1S/C27H30ClN5O3/c1-27(13-24(34)36-4)16-33(22-8-6-5-7-19(22)27)25-20(28)14-29-26(31-25)30-21-11-18-15-32(2)10-9-17(18)12-23(21)35-3/h5-8,11-12,14H,9-10,13,15-16H2,1-4H3,(H,29,30,31)/t27-/m1/s1. The van der Waals surface area contributed by atoms with Gasteiger partial charge in [0.15, 0.2) is 5.82 Å². The van der Waals surface area contributed by atoms with Gasteiger partial charge in [0, 0.05) is 30.7 Å². The number of carbonyl (C=O) groups excluding carboxylic acids is 1. The third-order valence-electron chi connectivity index (χ3n) is 7.07. The van der Waals surface area contributed by atoms with Gasteiger partial charge in [-0.05, 0) is 48.4 Å². The van der Waals surface area contributed by atoms with Gasteiger partial charge in [0.1, 0.15) is 10.8 Å². The number of rotatable bonds is 6. The van der Waals surface area contributed by atoms with Crippen molar-refractivity contribution in [1.29, 1.82) is 0 Å². The molecule has 3 heterocycles. The smallest absolute Gasteiger partial charge is 0.306 e. The van der Waals surface area contributed by atoms with Crippen LogP contribution in [0.15, 0.2) is 42.6 Å². The SMILES string of the molecule is COC(=O)C[C@]1(C)CN(c2nc(Nc3cc4c(cc3OC)CCN(C)C4)ncc2Cl)c2ccccc21. The molecule has 3 aromatic rings. The average Bonchev–Trinajstić information content (AvgIpc) is 3.16. The van der Waals surface area contributed by atoms with Crippen LogP contribution in [0.25, 0.3) is 0 Å². The molecule has 1 atom stereocenters. The first kappa shape index (κ1) is 24.3. The van der Waals surface area contributed by atoms with Crippen molar-refractivity contribution >= 4 is 40.7 Å². The highest BCUT2D eigenvalue weighted by molar-refractivity contribution is 6.33. The topological polar surface area (TPSA) is 79.8 Å². The molecule has 2 aliphatic heterocycles. The van der Waals surface area contributed by atoms with E-state index in [0.717, 1.165) is 42.2 Å². The summed E-state index contributed by atoms with van der Waals surface area (Å²) >= 11 is 6.63. The monoisotopic (exact) mass is 507 g/mol. The Morgan fingerprint density at radius 1 is 1.22 bits per heavy atom. The Morgan fingerprint density at radius 3 is 2.81 bits per heavy atom. The molecule has 0 fully saturated rings. The number of hydrogen-bond acceptors (Lipinski definition) is 8. The molecule has 36 heavy (non-hydrogen) atoms. The van der Waals surface area contributed by atoms with Crippen LogP contribution in [0.5, 0.6) is 5.75 Å². The van der Waals surface area contributed by atoms with E-state index in [2.05, 4.69) is 41.3 Å². The Kier molecular flexibility index (Phi) is 6.49. The minimum absolute atomic E-state index is 0.254. The molecule has 0 saturated carbocycles. The van der Waals surface area contributed by atoms with Crippen LogP contribution in [0.1, 0.15) is 30.0 Å². The van der Waals surface area contributed by atoms with Gasteiger partial charge in [-0.25, -0.2) is 4.98 Å². The molecule has 0 spiro atoms. The zero-order valence-corrected chi connectivity index (χ0v) is 21.7. The minimum atomic E-state index is -0.445. The number of carbonyl (C=O) groups is 1. The number of esters is 1. The van der Waals surface area contributed by atoms with Crippen LogP contribution in [0.4, 0.5) is 23.1 Å². The van der Waals surface area contributed by atoms with Crippen molar-refractivity contribution in [3.63, 3.8) is 0 Å². The van der Waals surface area contributed by atoms with Crippen LogP contribution in [0, 0.1) is 0 Å². The predicted molar refractivity (Wildman–Crippen MR) is 141 cm³/mol. The lowest BCUT2D eigenvalue weighted by Crippen LogP contribution is -2.32. The fraction of sp³-hybridized carbons (Fsp3) is 0.370. The van der Waals surface area contributed by atoms with Gasteiger partial charge in [-0.2, -0.15) is 4.98 Å². The Balaban J connectivity index is 1.49. The summed E-state index contributed by atoms with van der Waals surface area (Å²) in [5.74, 6) is 1.48. The molecule has 2 aromatic carbocycles. The van der Waals surface area contributed by atoms with Crippen LogP contribution in [-0.2, 0) is 27.9 Å². The van der Waals surface area contributed by atoms with E-state index in [4.69, 9.17) is 26.1 Å². The van der Waals surface area contributed by atoms with Crippen LogP contribution in [-0.4, -0.2) is 55.2 Å². The number of anilines is 4.